The number of nitrogens with zero attached hydrogens (tertiary/aromatic N) is 1. The number of hydrogen-bond acceptors (Lipinski definition) is 1. The molecule has 1 heteroatoms. The zero-order chi connectivity index (χ0) is 15.2. The third-order valence-corrected chi connectivity index (χ3v) is 4.82. The van der Waals surface area contributed by atoms with Gasteiger partial charge in [0.2, 0.25) is 0 Å². The van der Waals surface area contributed by atoms with E-state index in [1.165, 1.54) is 85.7 Å². The zero-order valence-electron chi connectivity index (χ0n) is 13.8. The second-order valence-corrected chi connectivity index (χ2v) is 6.51. The van der Waals surface area contributed by atoms with Gasteiger partial charge in [0.05, 0.1) is 5.69 Å². The van der Waals surface area contributed by atoms with Crippen molar-refractivity contribution in [3.63, 3.8) is 0 Å². The second-order valence-electron chi connectivity index (χ2n) is 6.51. The lowest BCUT2D eigenvalue weighted by atomic mass is 9.89. The highest BCUT2D eigenvalue weighted by Gasteiger charge is 2.14. The maximum atomic E-state index is 4.68. The first-order valence-corrected chi connectivity index (χ1v) is 8.94. The Balaban J connectivity index is 1.73. The lowest BCUT2D eigenvalue weighted by molar-refractivity contribution is 0.667. The Bertz CT molecular complexity index is 598. The van der Waals surface area contributed by atoms with E-state index in [9.17, 15) is 0 Å². The van der Waals surface area contributed by atoms with Gasteiger partial charge in [-0.25, -0.2) is 0 Å². The maximum Gasteiger partial charge on any atom is 0.0736 e. The van der Waals surface area contributed by atoms with Crippen LogP contribution in [0.15, 0.2) is 36.5 Å². The Kier molecular flexibility index (Phi) is 5.26. The maximum absolute atomic E-state index is 4.68. The monoisotopic (exact) mass is 293 g/mol. The minimum atomic E-state index is 1.19. The van der Waals surface area contributed by atoms with Crippen LogP contribution in [0.3, 0.4) is 0 Å². The van der Waals surface area contributed by atoms with E-state index in [0.29, 0.717) is 0 Å². The van der Waals surface area contributed by atoms with Gasteiger partial charge in [-0.2, -0.15) is 0 Å². The minimum Gasteiger partial charge on any atom is -0.256 e. The van der Waals surface area contributed by atoms with Crippen molar-refractivity contribution >= 4 is 0 Å². The van der Waals surface area contributed by atoms with Crippen LogP contribution < -0.4 is 0 Å². The second kappa shape index (κ2) is 7.58. The Morgan fingerprint density at radius 3 is 2.55 bits per heavy atom. The van der Waals surface area contributed by atoms with Crippen molar-refractivity contribution in [3.05, 3.63) is 53.2 Å². The molecule has 1 heterocycles. The lowest BCUT2D eigenvalue weighted by Crippen LogP contribution is -2.05. The highest BCUT2D eigenvalue weighted by molar-refractivity contribution is 5.65. The molecule has 0 atom stereocenters. The quantitative estimate of drug-likeness (QED) is 0.618. The number of rotatable bonds is 6. The van der Waals surface area contributed by atoms with Crippen LogP contribution in [0.2, 0.25) is 0 Å². The number of pyridine rings is 1. The molecule has 0 amide bonds. The van der Waals surface area contributed by atoms with Crippen LogP contribution in [0.1, 0.15) is 62.1 Å². The Hall–Kier alpha value is -1.63. The fourth-order valence-corrected chi connectivity index (χ4v) is 3.50. The van der Waals surface area contributed by atoms with Crippen LogP contribution >= 0.6 is 0 Å². The van der Waals surface area contributed by atoms with Gasteiger partial charge in [0.15, 0.2) is 0 Å². The molecule has 0 radical (unpaired) electrons. The number of unbranched alkanes of at least 4 members (excludes halogenated alkanes) is 3. The van der Waals surface area contributed by atoms with E-state index in [4.69, 9.17) is 0 Å². The molecule has 3 rings (SSSR count). The van der Waals surface area contributed by atoms with E-state index in [2.05, 4.69) is 42.2 Å². The average molecular weight is 293 g/mol. The van der Waals surface area contributed by atoms with E-state index in [1.807, 2.05) is 6.20 Å². The van der Waals surface area contributed by atoms with E-state index < -0.39 is 0 Å². The van der Waals surface area contributed by atoms with Gasteiger partial charge in [-0.3, -0.25) is 4.98 Å². The Labute approximate surface area is 134 Å². The van der Waals surface area contributed by atoms with E-state index in [1.54, 1.807) is 0 Å². The van der Waals surface area contributed by atoms with Crippen molar-refractivity contribution in [2.24, 2.45) is 0 Å². The molecule has 0 saturated carbocycles. The third kappa shape index (κ3) is 3.58. The van der Waals surface area contributed by atoms with Gasteiger partial charge in [-0.05, 0) is 61.3 Å². The molecular weight excluding hydrogens is 266 g/mol. The first kappa shape index (κ1) is 15.3. The summed E-state index contributed by atoms with van der Waals surface area (Å²) < 4.78 is 0. The first-order valence-electron chi connectivity index (χ1n) is 8.94. The molecule has 0 unspecified atom stereocenters. The topological polar surface area (TPSA) is 12.9 Å². The van der Waals surface area contributed by atoms with Gasteiger partial charge in [0.1, 0.15) is 0 Å². The lowest BCUT2D eigenvalue weighted by Gasteiger charge is -2.18. The van der Waals surface area contributed by atoms with Crippen LogP contribution in [0.5, 0.6) is 0 Å². The van der Waals surface area contributed by atoms with E-state index in [0.717, 1.165) is 0 Å². The largest absolute Gasteiger partial charge is 0.256 e. The van der Waals surface area contributed by atoms with Crippen LogP contribution in [0.25, 0.3) is 11.3 Å². The normalized spacial score (nSPS) is 13.9. The number of aromatic nitrogens is 1. The van der Waals surface area contributed by atoms with E-state index in [-0.39, 0.29) is 0 Å². The van der Waals surface area contributed by atoms with Gasteiger partial charge < -0.3 is 0 Å². The van der Waals surface area contributed by atoms with Gasteiger partial charge in [-0.15, -0.1) is 0 Å². The summed E-state index contributed by atoms with van der Waals surface area (Å²) in [5, 5.41) is 0. The van der Waals surface area contributed by atoms with Crippen LogP contribution in [0, 0.1) is 0 Å². The molecular formula is C21H27N. The fourth-order valence-electron chi connectivity index (χ4n) is 3.50. The van der Waals surface area contributed by atoms with Gasteiger partial charge in [-0.1, -0.05) is 50.5 Å². The number of benzene rings is 1. The molecule has 1 aromatic carbocycles. The van der Waals surface area contributed by atoms with Crippen molar-refractivity contribution in [2.45, 2.75) is 64.7 Å². The Morgan fingerprint density at radius 2 is 1.73 bits per heavy atom. The minimum absolute atomic E-state index is 1.19. The summed E-state index contributed by atoms with van der Waals surface area (Å²) in [5.74, 6) is 0. The van der Waals surface area contributed by atoms with Crippen molar-refractivity contribution in [3.8, 4) is 11.3 Å². The summed E-state index contributed by atoms with van der Waals surface area (Å²) in [5.41, 5.74) is 6.97. The summed E-state index contributed by atoms with van der Waals surface area (Å²) in [6, 6.07) is 11.3. The van der Waals surface area contributed by atoms with Crippen molar-refractivity contribution in [1.29, 1.82) is 0 Å². The highest BCUT2D eigenvalue weighted by atomic mass is 14.7. The SMILES string of the molecule is CCCCCCc1ccc(-c2nccc3c2CCCC3)cc1. The summed E-state index contributed by atoms with van der Waals surface area (Å²) >= 11 is 0. The van der Waals surface area contributed by atoms with Gasteiger partial charge in [0, 0.05) is 11.8 Å². The molecule has 0 fully saturated rings. The molecule has 0 aliphatic heterocycles. The molecule has 0 N–H and O–H groups in total. The molecule has 2 aromatic rings. The standard InChI is InChI=1S/C21H27N/c1-2-3-4-5-8-17-11-13-19(14-12-17)21-20-10-7-6-9-18(20)15-16-22-21/h11-16H,2-10H2,1H3. The van der Waals surface area contributed by atoms with Crippen LogP contribution in [-0.2, 0) is 19.3 Å². The molecule has 1 nitrogen and oxygen atoms in total. The van der Waals surface area contributed by atoms with Crippen molar-refractivity contribution < 1.29 is 0 Å². The molecule has 22 heavy (non-hydrogen) atoms. The Morgan fingerprint density at radius 1 is 0.909 bits per heavy atom. The number of hydrogen-bond donors (Lipinski definition) is 0. The predicted molar refractivity (Wildman–Crippen MR) is 94.2 cm³/mol. The summed E-state index contributed by atoms with van der Waals surface area (Å²) in [6.45, 7) is 2.27. The zero-order valence-corrected chi connectivity index (χ0v) is 13.8. The first-order chi connectivity index (χ1) is 10.9. The van der Waals surface area contributed by atoms with Crippen molar-refractivity contribution in [1.82, 2.24) is 4.98 Å². The smallest absolute Gasteiger partial charge is 0.0736 e. The average Bonchev–Trinajstić information content (AvgIpc) is 2.59. The molecule has 0 spiro atoms. The summed E-state index contributed by atoms with van der Waals surface area (Å²) in [6.07, 6.45) is 13.6. The molecule has 116 valence electrons. The van der Waals surface area contributed by atoms with E-state index >= 15 is 0 Å². The van der Waals surface area contributed by atoms with Gasteiger partial charge >= 0.3 is 0 Å². The molecule has 1 aromatic heterocycles. The van der Waals surface area contributed by atoms with Crippen LogP contribution in [0.4, 0.5) is 0 Å². The molecule has 1 aliphatic carbocycles. The fraction of sp³-hybridized carbons (Fsp3) is 0.476. The molecule has 0 bridgehead atoms. The third-order valence-electron chi connectivity index (χ3n) is 4.82. The van der Waals surface area contributed by atoms with Crippen LogP contribution in [-0.4, -0.2) is 4.98 Å². The number of aryl methyl sites for hydroxylation is 2. The molecule has 1 aliphatic rings. The van der Waals surface area contributed by atoms with Gasteiger partial charge in [0.25, 0.3) is 0 Å². The molecule has 0 saturated heterocycles. The predicted octanol–water partition coefficient (Wildman–Crippen LogP) is 5.75. The summed E-state index contributed by atoms with van der Waals surface area (Å²) in [7, 11) is 0. The summed E-state index contributed by atoms with van der Waals surface area (Å²) in [4.78, 5) is 4.68. The van der Waals surface area contributed by atoms with Crippen molar-refractivity contribution in [2.75, 3.05) is 0 Å². The highest BCUT2D eigenvalue weighted by Crippen LogP contribution is 2.30. The number of fused-ring (bicyclic) bond motifs is 1.